The van der Waals surface area contributed by atoms with Crippen LogP contribution in [0.25, 0.3) is 0 Å². The van der Waals surface area contributed by atoms with Crippen LogP contribution in [0.3, 0.4) is 0 Å². The van der Waals surface area contributed by atoms with Gasteiger partial charge in [-0.2, -0.15) is 0 Å². The van der Waals surface area contributed by atoms with Gasteiger partial charge < -0.3 is 9.47 Å². The van der Waals surface area contributed by atoms with Crippen LogP contribution in [0.2, 0.25) is 5.02 Å². The summed E-state index contributed by atoms with van der Waals surface area (Å²) in [4.78, 5) is 10.9. The first-order valence-corrected chi connectivity index (χ1v) is 5.32. The van der Waals surface area contributed by atoms with E-state index < -0.39 is 0 Å². The predicted octanol–water partition coefficient (Wildman–Crippen LogP) is 2.84. The molecule has 0 amide bonds. The van der Waals surface area contributed by atoms with Gasteiger partial charge in [0.2, 0.25) is 0 Å². The summed E-state index contributed by atoms with van der Waals surface area (Å²) in [7, 11) is 0. The summed E-state index contributed by atoms with van der Waals surface area (Å²) in [5.74, 6) is 0.225. The van der Waals surface area contributed by atoms with Gasteiger partial charge in [0.25, 0.3) is 0 Å². The molecule has 16 heavy (non-hydrogen) atoms. The standard InChI is InChI=1S/C12H13ClO3/c1-2-15-12(14)8-5-9-16-11-7-4-3-6-10(11)13/h3-8H,2,9H2,1H3/b8-5+. The second kappa shape index (κ2) is 6.90. The molecule has 0 atom stereocenters. The van der Waals surface area contributed by atoms with Crippen molar-refractivity contribution in [1.29, 1.82) is 0 Å². The molecule has 0 aliphatic carbocycles. The van der Waals surface area contributed by atoms with Crippen LogP contribution in [0.5, 0.6) is 5.75 Å². The monoisotopic (exact) mass is 240 g/mol. The molecule has 1 aromatic rings. The lowest BCUT2D eigenvalue weighted by molar-refractivity contribution is -0.137. The molecule has 0 unspecified atom stereocenters. The first kappa shape index (κ1) is 12.6. The number of halogens is 1. The van der Waals surface area contributed by atoms with Crippen molar-refractivity contribution in [2.75, 3.05) is 13.2 Å². The van der Waals surface area contributed by atoms with Gasteiger partial charge in [-0.3, -0.25) is 0 Å². The number of rotatable bonds is 5. The van der Waals surface area contributed by atoms with Crippen LogP contribution in [0.4, 0.5) is 0 Å². The molecule has 3 nitrogen and oxygen atoms in total. The Balaban J connectivity index is 2.36. The maximum Gasteiger partial charge on any atom is 0.330 e. The molecular formula is C12H13ClO3. The molecule has 0 aromatic heterocycles. The van der Waals surface area contributed by atoms with Crippen LogP contribution in [0.1, 0.15) is 6.92 Å². The Morgan fingerprint density at radius 1 is 1.44 bits per heavy atom. The minimum Gasteiger partial charge on any atom is -0.488 e. The lowest BCUT2D eigenvalue weighted by Crippen LogP contribution is -2.01. The summed E-state index contributed by atoms with van der Waals surface area (Å²) in [6, 6.07) is 7.16. The molecule has 0 spiro atoms. The molecule has 0 bridgehead atoms. The molecule has 0 heterocycles. The molecule has 0 fully saturated rings. The second-order valence-electron chi connectivity index (χ2n) is 2.90. The summed E-state index contributed by atoms with van der Waals surface area (Å²) in [5.41, 5.74) is 0. The van der Waals surface area contributed by atoms with E-state index in [1.807, 2.05) is 12.1 Å². The Morgan fingerprint density at radius 2 is 2.19 bits per heavy atom. The van der Waals surface area contributed by atoms with Crippen LogP contribution in [-0.4, -0.2) is 19.2 Å². The lowest BCUT2D eigenvalue weighted by atomic mass is 10.3. The highest BCUT2D eigenvalue weighted by Gasteiger charge is 1.97. The molecule has 0 radical (unpaired) electrons. The maximum atomic E-state index is 10.9. The largest absolute Gasteiger partial charge is 0.488 e. The topological polar surface area (TPSA) is 35.5 Å². The normalized spacial score (nSPS) is 10.4. The Hall–Kier alpha value is -1.48. The van der Waals surface area contributed by atoms with Gasteiger partial charge in [0.15, 0.2) is 0 Å². The Labute approximate surface area is 99.6 Å². The molecular weight excluding hydrogens is 228 g/mol. The molecule has 0 saturated heterocycles. The zero-order valence-electron chi connectivity index (χ0n) is 8.98. The van der Waals surface area contributed by atoms with Crippen LogP contribution < -0.4 is 4.74 Å². The fourth-order valence-electron chi connectivity index (χ4n) is 1.03. The number of benzene rings is 1. The number of esters is 1. The van der Waals surface area contributed by atoms with Crippen molar-refractivity contribution in [3.63, 3.8) is 0 Å². The van der Waals surface area contributed by atoms with Gasteiger partial charge >= 0.3 is 5.97 Å². The van der Waals surface area contributed by atoms with Crippen molar-refractivity contribution < 1.29 is 14.3 Å². The van der Waals surface area contributed by atoms with Crippen molar-refractivity contribution in [2.24, 2.45) is 0 Å². The number of carbonyl (C=O) groups is 1. The average molecular weight is 241 g/mol. The third-order valence-corrected chi connectivity index (χ3v) is 2.02. The quantitative estimate of drug-likeness (QED) is 0.587. The van der Waals surface area contributed by atoms with Gasteiger partial charge in [0.05, 0.1) is 11.6 Å². The van der Waals surface area contributed by atoms with E-state index in [0.29, 0.717) is 17.4 Å². The Morgan fingerprint density at radius 3 is 2.88 bits per heavy atom. The van der Waals surface area contributed by atoms with E-state index in [-0.39, 0.29) is 12.6 Å². The summed E-state index contributed by atoms with van der Waals surface area (Å²) >= 11 is 5.87. The molecule has 0 aliphatic heterocycles. The van der Waals surface area contributed by atoms with Crippen molar-refractivity contribution in [1.82, 2.24) is 0 Å². The van der Waals surface area contributed by atoms with Gasteiger partial charge in [-0.25, -0.2) is 4.79 Å². The van der Waals surface area contributed by atoms with Crippen molar-refractivity contribution in [3.8, 4) is 5.75 Å². The third kappa shape index (κ3) is 4.36. The first-order valence-electron chi connectivity index (χ1n) is 4.94. The fraction of sp³-hybridized carbons (Fsp3) is 0.250. The molecule has 1 rings (SSSR count). The van der Waals surface area contributed by atoms with Gasteiger partial charge in [-0.05, 0) is 25.1 Å². The molecule has 0 saturated carbocycles. The first-order chi connectivity index (χ1) is 7.74. The van der Waals surface area contributed by atoms with Gasteiger partial charge in [0.1, 0.15) is 12.4 Å². The lowest BCUT2D eigenvalue weighted by Gasteiger charge is -2.04. The smallest absolute Gasteiger partial charge is 0.330 e. The highest BCUT2D eigenvalue weighted by molar-refractivity contribution is 6.32. The minimum atomic E-state index is -0.370. The third-order valence-electron chi connectivity index (χ3n) is 1.71. The molecule has 1 aromatic carbocycles. The Kier molecular flexibility index (Phi) is 5.43. The van der Waals surface area contributed by atoms with Gasteiger partial charge in [0, 0.05) is 6.08 Å². The SMILES string of the molecule is CCOC(=O)/C=C/COc1ccccc1Cl. The number of ether oxygens (including phenoxy) is 2. The van der Waals surface area contributed by atoms with E-state index in [2.05, 4.69) is 0 Å². The number of para-hydroxylation sites is 1. The zero-order chi connectivity index (χ0) is 11.8. The highest BCUT2D eigenvalue weighted by atomic mass is 35.5. The highest BCUT2D eigenvalue weighted by Crippen LogP contribution is 2.22. The van der Waals surface area contributed by atoms with E-state index in [0.717, 1.165) is 0 Å². The van der Waals surface area contributed by atoms with Crippen LogP contribution in [0, 0.1) is 0 Å². The van der Waals surface area contributed by atoms with Crippen LogP contribution in [-0.2, 0) is 9.53 Å². The van der Waals surface area contributed by atoms with Crippen molar-refractivity contribution in [2.45, 2.75) is 6.92 Å². The predicted molar refractivity (Wildman–Crippen MR) is 62.7 cm³/mol. The average Bonchev–Trinajstić information content (AvgIpc) is 2.27. The van der Waals surface area contributed by atoms with E-state index in [9.17, 15) is 4.79 Å². The molecule has 86 valence electrons. The number of hydrogen-bond acceptors (Lipinski definition) is 3. The summed E-state index contributed by atoms with van der Waals surface area (Å²) in [5, 5.41) is 0.548. The van der Waals surface area contributed by atoms with E-state index in [4.69, 9.17) is 21.1 Å². The zero-order valence-corrected chi connectivity index (χ0v) is 9.74. The number of hydrogen-bond donors (Lipinski definition) is 0. The number of carbonyl (C=O) groups excluding carboxylic acids is 1. The summed E-state index contributed by atoms with van der Waals surface area (Å²) in [6.45, 7) is 2.41. The molecule has 0 N–H and O–H groups in total. The Bertz CT molecular complexity index is 374. The van der Waals surface area contributed by atoms with E-state index in [1.54, 1.807) is 25.1 Å². The summed E-state index contributed by atoms with van der Waals surface area (Å²) < 4.78 is 10.0. The molecule has 0 aliphatic rings. The van der Waals surface area contributed by atoms with Gasteiger partial charge in [-0.15, -0.1) is 0 Å². The van der Waals surface area contributed by atoms with Gasteiger partial charge in [-0.1, -0.05) is 23.7 Å². The van der Waals surface area contributed by atoms with Crippen LogP contribution in [0.15, 0.2) is 36.4 Å². The second-order valence-corrected chi connectivity index (χ2v) is 3.30. The van der Waals surface area contributed by atoms with Crippen molar-refractivity contribution >= 4 is 17.6 Å². The van der Waals surface area contributed by atoms with E-state index >= 15 is 0 Å². The fourth-order valence-corrected chi connectivity index (χ4v) is 1.22. The van der Waals surface area contributed by atoms with Crippen molar-refractivity contribution in [3.05, 3.63) is 41.4 Å². The maximum absolute atomic E-state index is 10.9. The minimum absolute atomic E-state index is 0.280. The molecule has 4 heteroatoms. The van der Waals surface area contributed by atoms with Crippen LogP contribution >= 0.6 is 11.6 Å². The summed E-state index contributed by atoms with van der Waals surface area (Å²) in [6.07, 6.45) is 2.92. The van der Waals surface area contributed by atoms with E-state index in [1.165, 1.54) is 6.08 Å².